The Labute approximate surface area is 155 Å². The molecule has 0 atom stereocenters. The first kappa shape index (κ1) is 19.5. The standard InChI is InChI=1S/C21H27N3O2/c1-14(2)17-11-6-7-12-18(17)22-21(26)24(5)13-19(25)23-20-15(3)9-8-10-16(20)4/h6-12,14H,13H2,1-5H3,(H,22,26)(H,23,25). The molecule has 0 heterocycles. The zero-order chi connectivity index (χ0) is 19.3. The molecule has 3 amide bonds. The van der Waals surface area contributed by atoms with E-state index in [-0.39, 0.29) is 18.5 Å². The molecule has 0 unspecified atom stereocenters. The lowest BCUT2D eigenvalue weighted by Crippen LogP contribution is -2.38. The number of likely N-dealkylation sites (N-methyl/N-ethyl adjacent to an activating group) is 1. The van der Waals surface area contributed by atoms with Crippen molar-refractivity contribution in [3.63, 3.8) is 0 Å². The first-order valence-corrected chi connectivity index (χ1v) is 8.76. The Kier molecular flexibility index (Phi) is 6.39. The summed E-state index contributed by atoms with van der Waals surface area (Å²) in [6.07, 6.45) is 0. The third-order valence-corrected chi connectivity index (χ3v) is 4.30. The molecule has 2 rings (SSSR count). The highest BCUT2D eigenvalue weighted by Crippen LogP contribution is 2.24. The second kappa shape index (κ2) is 8.52. The lowest BCUT2D eigenvalue weighted by molar-refractivity contribution is -0.116. The first-order chi connectivity index (χ1) is 12.3. The Morgan fingerprint density at radius 1 is 0.962 bits per heavy atom. The normalized spacial score (nSPS) is 10.5. The Morgan fingerprint density at radius 3 is 2.19 bits per heavy atom. The zero-order valence-corrected chi connectivity index (χ0v) is 16.1. The van der Waals surface area contributed by atoms with Gasteiger partial charge in [-0.25, -0.2) is 4.79 Å². The number of aryl methyl sites for hydroxylation is 2. The number of amides is 3. The molecule has 2 aromatic carbocycles. The molecular weight excluding hydrogens is 326 g/mol. The van der Waals surface area contributed by atoms with Crippen molar-refractivity contribution in [3.8, 4) is 0 Å². The molecule has 0 aliphatic carbocycles. The van der Waals surface area contributed by atoms with Crippen molar-refractivity contribution in [2.75, 3.05) is 24.2 Å². The van der Waals surface area contributed by atoms with E-state index in [0.29, 0.717) is 5.92 Å². The number of hydrogen-bond acceptors (Lipinski definition) is 2. The van der Waals surface area contributed by atoms with Gasteiger partial charge in [-0.2, -0.15) is 0 Å². The fourth-order valence-electron chi connectivity index (χ4n) is 2.80. The molecule has 5 heteroatoms. The summed E-state index contributed by atoms with van der Waals surface area (Å²) in [5, 5.41) is 5.79. The van der Waals surface area contributed by atoms with E-state index in [1.54, 1.807) is 7.05 Å². The van der Waals surface area contributed by atoms with Gasteiger partial charge in [0.25, 0.3) is 0 Å². The minimum Gasteiger partial charge on any atom is -0.324 e. The Morgan fingerprint density at radius 2 is 1.58 bits per heavy atom. The first-order valence-electron chi connectivity index (χ1n) is 8.76. The second-order valence-corrected chi connectivity index (χ2v) is 6.84. The van der Waals surface area contributed by atoms with Gasteiger partial charge in [-0.3, -0.25) is 4.79 Å². The number of rotatable bonds is 5. The molecule has 5 nitrogen and oxygen atoms in total. The molecule has 2 aromatic rings. The minimum atomic E-state index is -0.310. The van der Waals surface area contributed by atoms with Gasteiger partial charge in [-0.05, 0) is 42.5 Å². The van der Waals surface area contributed by atoms with E-state index in [4.69, 9.17) is 0 Å². The topological polar surface area (TPSA) is 61.4 Å². The van der Waals surface area contributed by atoms with Crippen LogP contribution in [0.2, 0.25) is 0 Å². The molecule has 0 bridgehead atoms. The van der Waals surface area contributed by atoms with Crippen molar-refractivity contribution in [3.05, 3.63) is 59.2 Å². The largest absolute Gasteiger partial charge is 0.324 e. The highest BCUT2D eigenvalue weighted by Gasteiger charge is 2.16. The average Bonchev–Trinajstić information content (AvgIpc) is 2.58. The number of nitrogens with zero attached hydrogens (tertiary/aromatic N) is 1. The van der Waals surface area contributed by atoms with E-state index in [9.17, 15) is 9.59 Å². The van der Waals surface area contributed by atoms with Crippen LogP contribution < -0.4 is 10.6 Å². The molecule has 0 aromatic heterocycles. The number of carbonyl (C=O) groups is 2. The van der Waals surface area contributed by atoms with Gasteiger partial charge in [0.1, 0.15) is 6.54 Å². The maximum absolute atomic E-state index is 12.4. The summed E-state index contributed by atoms with van der Waals surface area (Å²) in [6, 6.07) is 13.2. The summed E-state index contributed by atoms with van der Waals surface area (Å²) in [7, 11) is 1.61. The summed E-state index contributed by atoms with van der Waals surface area (Å²) in [5.74, 6) is 0.0707. The maximum atomic E-state index is 12.4. The number of anilines is 2. The molecule has 2 N–H and O–H groups in total. The van der Waals surface area contributed by atoms with Gasteiger partial charge in [0, 0.05) is 18.4 Å². The molecule has 138 valence electrons. The summed E-state index contributed by atoms with van der Waals surface area (Å²) in [6.45, 7) is 8.02. The molecule has 26 heavy (non-hydrogen) atoms. The highest BCUT2D eigenvalue weighted by atomic mass is 16.2. The van der Waals surface area contributed by atoms with Crippen LogP contribution in [0.5, 0.6) is 0 Å². The summed E-state index contributed by atoms with van der Waals surface area (Å²) in [4.78, 5) is 26.1. The lowest BCUT2D eigenvalue weighted by Gasteiger charge is -2.20. The van der Waals surface area contributed by atoms with Gasteiger partial charge in [-0.1, -0.05) is 50.2 Å². The van der Waals surface area contributed by atoms with E-state index < -0.39 is 0 Å². The molecule has 0 aliphatic rings. The number of carbonyl (C=O) groups excluding carboxylic acids is 2. The van der Waals surface area contributed by atoms with Crippen LogP contribution in [0.15, 0.2) is 42.5 Å². The van der Waals surface area contributed by atoms with Gasteiger partial charge in [0.2, 0.25) is 5.91 Å². The van der Waals surface area contributed by atoms with Crippen molar-refractivity contribution in [2.45, 2.75) is 33.6 Å². The molecule has 0 fully saturated rings. The van der Waals surface area contributed by atoms with Crippen LogP contribution in [-0.4, -0.2) is 30.4 Å². The number of hydrogen-bond donors (Lipinski definition) is 2. The van der Waals surface area contributed by atoms with Crippen LogP contribution in [0.3, 0.4) is 0 Å². The van der Waals surface area contributed by atoms with Crippen LogP contribution in [0, 0.1) is 13.8 Å². The van der Waals surface area contributed by atoms with Gasteiger partial charge in [0.05, 0.1) is 0 Å². The van der Waals surface area contributed by atoms with E-state index in [2.05, 4.69) is 24.5 Å². The third kappa shape index (κ3) is 4.85. The van der Waals surface area contributed by atoms with Crippen molar-refractivity contribution < 1.29 is 9.59 Å². The fraction of sp³-hybridized carbons (Fsp3) is 0.333. The maximum Gasteiger partial charge on any atom is 0.322 e. The van der Waals surface area contributed by atoms with Crippen LogP contribution in [-0.2, 0) is 4.79 Å². The molecule has 0 saturated carbocycles. The monoisotopic (exact) mass is 353 g/mol. The third-order valence-electron chi connectivity index (χ3n) is 4.30. The quantitative estimate of drug-likeness (QED) is 0.829. The van der Waals surface area contributed by atoms with Crippen molar-refractivity contribution in [1.29, 1.82) is 0 Å². The van der Waals surface area contributed by atoms with E-state index >= 15 is 0 Å². The SMILES string of the molecule is Cc1cccc(C)c1NC(=O)CN(C)C(=O)Nc1ccccc1C(C)C. The van der Waals surface area contributed by atoms with E-state index in [1.165, 1.54) is 4.90 Å². The van der Waals surface area contributed by atoms with Gasteiger partial charge in [0.15, 0.2) is 0 Å². The van der Waals surface area contributed by atoms with Crippen LogP contribution in [0.4, 0.5) is 16.2 Å². The van der Waals surface area contributed by atoms with Gasteiger partial charge >= 0.3 is 6.03 Å². The van der Waals surface area contributed by atoms with E-state index in [0.717, 1.165) is 28.1 Å². The zero-order valence-electron chi connectivity index (χ0n) is 16.1. The number of nitrogens with one attached hydrogen (secondary N) is 2. The molecule has 0 saturated heterocycles. The van der Waals surface area contributed by atoms with Gasteiger partial charge < -0.3 is 15.5 Å². The fourth-order valence-corrected chi connectivity index (χ4v) is 2.80. The van der Waals surface area contributed by atoms with Crippen molar-refractivity contribution >= 4 is 23.3 Å². The number of benzene rings is 2. The molecule has 0 spiro atoms. The Hall–Kier alpha value is -2.82. The van der Waals surface area contributed by atoms with Crippen molar-refractivity contribution in [2.24, 2.45) is 0 Å². The Bertz CT molecular complexity index is 779. The average molecular weight is 353 g/mol. The molecule has 0 aliphatic heterocycles. The van der Waals surface area contributed by atoms with Crippen LogP contribution in [0.25, 0.3) is 0 Å². The smallest absolute Gasteiger partial charge is 0.322 e. The number of para-hydroxylation sites is 2. The summed E-state index contributed by atoms with van der Waals surface area (Å²) < 4.78 is 0. The van der Waals surface area contributed by atoms with Crippen LogP contribution >= 0.6 is 0 Å². The predicted octanol–water partition coefficient (Wildman–Crippen LogP) is 4.53. The minimum absolute atomic E-state index is 0.0244. The molecular formula is C21H27N3O2. The van der Waals surface area contributed by atoms with E-state index in [1.807, 2.05) is 56.3 Å². The second-order valence-electron chi connectivity index (χ2n) is 6.84. The molecule has 0 radical (unpaired) electrons. The summed E-state index contributed by atoms with van der Waals surface area (Å²) in [5.41, 5.74) is 4.63. The number of urea groups is 1. The predicted molar refractivity (Wildman–Crippen MR) is 107 cm³/mol. The Balaban J connectivity index is 2.00. The van der Waals surface area contributed by atoms with Gasteiger partial charge in [-0.15, -0.1) is 0 Å². The lowest BCUT2D eigenvalue weighted by atomic mass is 10.0. The highest BCUT2D eigenvalue weighted by molar-refractivity contribution is 5.97. The van der Waals surface area contributed by atoms with Crippen molar-refractivity contribution in [1.82, 2.24) is 4.90 Å². The van der Waals surface area contributed by atoms with Crippen LogP contribution in [0.1, 0.15) is 36.5 Å². The summed E-state index contributed by atoms with van der Waals surface area (Å²) >= 11 is 0.